The van der Waals surface area contributed by atoms with Gasteiger partial charge in [-0.05, 0) is 19.1 Å². The monoisotopic (exact) mass is 210 g/mol. The molecule has 0 unspecified atom stereocenters. The summed E-state index contributed by atoms with van der Waals surface area (Å²) >= 11 is 0. The summed E-state index contributed by atoms with van der Waals surface area (Å²) in [6.07, 6.45) is 0. The van der Waals surface area contributed by atoms with Crippen molar-refractivity contribution in [1.29, 1.82) is 5.26 Å². The van der Waals surface area contributed by atoms with Crippen LogP contribution in [0.2, 0.25) is 0 Å². The van der Waals surface area contributed by atoms with E-state index in [4.69, 9.17) is 5.26 Å². The molecule has 0 N–H and O–H groups in total. The summed E-state index contributed by atoms with van der Waals surface area (Å²) in [5, 5.41) is 8.72. The van der Waals surface area contributed by atoms with Gasteiger partial charge in [-0.1, -0.05) is 6.92 Å². The minimum atomic E-state index is -3.34. The van der Waals surface area contributed by atoms with Crippen molar-refractivity contribution in [3.8, 4) is 6.07 Å². The third kappa shape index (κ3) is 1.91. The standard InChI is InChI=1S/C9H10N2O2S/c1-3-14(12,13)9-5-4-7(2)11-8(9)6-10/h4-5H,3H2,1-2H3. The molecule has 4 nitrogen and oxygen atoms in total. The van der Waals surface area contributed by atoms with Crippen molar-refractivity contribution in [3.63, 3.8) is 0 Å². The topological polar surface area (TPSA) is 70.8 Å². The Morgan fingerprint density at radius 1 is 1.50 bits per heavy atom. The molecule has 14 heavy (non-hydrogen) atoms. The van der Waals surface area contributed by atoms with Gasteiger partial charge in [0.1, 0.15) is 11.0 Å². The van der Waals surface area contributed by atoms with Gasteiger partial charge in [-0.3, -0.25) is 0 Å². The number of pyridine rings is 1. The van der Waals surface area contributed by atoms with Crippen LogP contribution in [-0.4, -0.2) is 19.2 Å². The Hall–Kier alpha value is -1.41. The van der Waals surface area contributed by atoms with E-state index in [-0.39, 0.29) is 16.3 Å². The van der Waals surface area contributed by atoms with Crippen LogP contribution in [0.5, 0.6) is 0 Å². The fourth-order valence-corrected chi connectivity index (χ4v) is 2.00. The molecular formula is C9H10N2O2S. The van der Waals surface area contributed by atoms with Gasteiger partial charge in [0.25, 0.3) is 0 Å². The van der Waals surface area contributed by atoms with Crippen LogP contribution in [0, 0.1) is 18.3 Å². The molecule has 0 aromatic carbocycles. The molecule has 0 saturated heterocycles. The molecule has 0 radical (unpaired) electrons. The van der Waals surface area contributed by atoms with Crippen molar-refractivity contribution in [2.24, 2.45) is 0 Å². The molecule has 0 aliphatic rings. The highest BCUT2D eigenvalue weighted by atomic mass is 32.2. The number of hydrogen-bond acceptors (Lipinski definition) is 4. The average molecular weight is 210 g/mol. The van der Waals surface area contributed by atoms with E-state index in [1.807, 2.05) is 0 Å². The number of nitrogens with zero attached hydrogens (tertiary/aromatic N) is 2. The highest BCUT2D eigenvalue weighted by Gasteiger charge is 2.17. The summed E-state index contributed by atoms with van der Waals surface area (Å²) in [4.78, 5) is 3.89. The van der Waals surface area contributed by atoms with Gasteiger partial charge in [-0.15, -0.1) is 0 Å². The molecule has 0 saturated carbocycles. The predicted molar refractivity (Wildman–Crippen MR) is 51.4 cm³/mol. The Bertz CT molecular complexity index is 486. The van der Waals surface area contributed by atoms with Gasteiger partial charge in [0, 0.05) is 5.69 Å². The lowest BCUT2D eigenvalue weighted by molar-refractivity contribution is 0.596. The van der Waals surface area contributed by atoms with Gasteiger partial charge in [0.15, 0.2) is 15.5 Å². The molecule has 0 aliphatic carbocycles. The normalized spacial score (nSPS) is 10.9. The van der Waals surface area contributed by atoms with Gasteiger partial charge < -0.3 is 0 Å². The van der Waals surface area contributed by atoms with E-state index < -0.39 is 9.84 Å². The molecule has 0 spiro atoms. The largest absolute Gasteiger partial charge is 0.241 e. The summed E-state index contributed by atoms with van der Waals surface area (Å²) in [6, 6.07) is 4.80. The van der Waals surface area contributed by atoms with Crippen LogP contribution in [0.25, 0.3) is 0 Å². The Morgan fingerprint density at radius 3 is 2.64 bits per heavy atom. The fourth-order valence-electron chi connectivity index (χ4n) is 1.03. The first-order chi connectivity index (χ1) is 6.51. The average Bonchev–Trinajstić information content (AvgIpc) is 2.17. The lowest BCUT2D eigenvalue weighted by atomic mass is 10.3. The molecule has 1 rings (SSSR count). The molecule has 74 valence electrons. The van der Waals surface area contributed by atoms with E-state index >= 15 is 0 Å². The number of rotatable bonds is 2. The first-order valence-corrected chi connectivity index (χ1v) is 5.77. The first kappa shape index (κ1) is 10.7. The minimum absolute atomic E-state index is 0.0214. The summed E-state index contributed by atoms with van der Waals surface area (Å²) in [7, 11) is -3.34. The molecule has 1 aromatic heterocycles. The van der Waals surface area contributed by atoms with Crippen LogP contribution in [0.1, 0.15) is 18.3 Å². The smallest absolute Gasteiger partial charge is 0.180 e. The van der Waals surface area contributed by atoms with Crippen LogP contribution < -0.4 is 0 Å². The summed E-state index contributed by atoms with van der Waals surface area (Å²) in [6.45, 7) is 3.25. The lowest BCUT2D eigenvalue weighted by Crippen LogP contribution is -2.07. The number of nitriles is 1. The number of aromatic nitrogens is 1. The van der Waals surface area contributed by atoms with E-state index in [1.54, 1.807) is 19.1 Å². The zero-order chi connectivity index (χ0) is 10.8. The van der Waals surface area contributed by atoms with Crippen molar-refractivity contribution >= 4 is 9.84 Å². The molecule has 0 aliphatic heterocycles. The Morgan fingerprint density at radius 2 is 2.14 bits per heavy atom. The quantitative estimate of drug-likeness (QED) is 0.731. The second-order valence-corrected chi connectivity index (χ2v) is 5.06. The predicted octanol–water partition coefficient (Wildman–Crippen LogP) is 1.06. The van der Waals surface area contributed by atoms with Crippen LogP contribution in [0.3, 0.4) is 0 Å². The highest BCUT2D eigenvalue weighted by Crippen LogP contribution is 2.14. The van der Waals surface area contributed by atoms with Crippen LogP contribution in [0.15, 0.2) is 17.0 Å². The second-order valence-electron chi connectivity index (χ2n) is 2.81. The van der Waals surface area contributed by atoms with E-state index in [2.05, 4.69) is 4.98 Å². The van der Waals surface area contributed by atoms with Gasteiger partial charge in [-0.2, -0.15) is 5.26 Å². The highest BCUT2D eigenvalue weighted by molar-refractivity contribution is 7.91. The zero-order valence-electron chi connectivity index (χ0n) is 7.98. The maximum atomic E-state index is 11.5. The molecule has 1 aromatic rings. The second kappa shape index (κ2) is 3.76. The van der Waals surface area contributed by atoms with E-state index in [0.29, 0.717) is 5.69 Å². The van der Waals surface area contributed by atoms with Crippen molar-refractivity contribution in [2.45, 2.75) is 18.7 Å². The molecule has 0 fully saturated rings. The first-order valence-electron chi connectivity index (χ1n) is 4.11. The Labute approximate surface area is 83.1 Å². The summed E-state index contributed by atoms with van der Waals surface area (Å²) < 4.78 is 23.0. The number of aryl methyl sites for hydroxylation is 1. The van der Waals surface area contributed by atoms with Crippen molar-refractivity contribution in [3.05, 3.63) is 23.5 Å². The minimum Gasteiger partial charge on any atom is -0.241 e. The van der Waals surface area contributed by atoms with E-state index in [0.717, 1.165) is 0 Å². The molecule has 0 atom stereocenters. The SMILES string of the molecule is CCS(=O)(=O)c1ccc(C)nc1C#N. The molecule has 5 heteroatoms. The van der Waals surface area contributed by atoms with Gasteiger partial charge in [0.05, 0.1) is 5.75 Å². The van der Waals surface area contributed by atoms with E-state index in [1.165, 1.54) is 13.0 Å². The summed E-state index contributed by atoms with van der Waals surface area (Å²) in [5.41, 5.74) is 0.614. The maximum Gasteiger partial charge on any atom is 0.180 e. The Kier molecular flexibility index (Phi) is 2.87. The zero-order valence-corrected chi connectivity index (χ0v) is 8.80. The molecule has 0 bridgehead atoms. The third-order valence-electron chi connectivity index (χ3n) is 1.82. The van der Waals surface area contributed by atoms with Crippen LogP contribution in [-0.2, 0) is 9.84 Å². The van der Waals surface area contributed by atoms with Crippen molar-refractivity contribution < 1.29 is 8.42 Å². The van der Waals surface area contributed by atoms with Crippen molar-refractivity contribution in [1.82, 2.24) is 4.98 Å². The van der Waals surface area contributed by atoms with Gasteiger partial charge in [0.2, 0.25) is 0 Å². The van der Waals surface area contributed by atoms with E-state index in [9.17, 15) is 8.42 Å². The Balaban J connectivity index is 3.45. The van der Waals surface area contributed by atoms with Crippen LogP contribution >= 0.6 is 0 Å². The van der Waals surface area contributed by atoms with Crippen molar-refractivity contribution in [2.75, 3.05) is 5.75 Å². The van der Waals surface area contributed by atoms with Crippen LogP contribution in [0.4, 0.5) is 0 Å². The van der Waals surface area contributed by atoms with Gasteiger partial charge in [-0.25, -0.2) is 13.4 Å². The number of hydrogen-bond donors (Lipinski definition) is 0. The maximum absolute atomic E-state index is 11.5. The molecule has 0 amide bonds. The lowest BCUT2D eigenvalue weighted by Gasteiger charge is -2.03. The number of sulfone groups is 1. The third-order valence-corrected chi connectivity index (χ3v) is 3.58. The van der Waals surface area contributed by atoms with Gasteiger partial charge >= 0.3 is 0 Å². The molecule has 1 heterocycles. The fraction of sp³-hybridized carbons (Fsp3) is 0.333. The summed E-state index contributed by atoms with van der Waals surface area (Å²) in [5.74, 6) is -0.0214. The molecular weight excluding hydrogens is 200 g/mol.